The molecule has 0 N–H and O–H groups in total. The standard InChI is InChI=1S/2C11H9NO2.Ga/c2*1-7-5-6-8-3-2-4-9(11(13)14)10(8)12-7;/h2*2-6H,1H3,(H,13,14);/p-2. The summed E-state index contributed by atoms with van der Waals surface area (Å²) < 4.78 is 0. The summed E-state index contributed by atoms with van der Waals surface area (Å²) in [6.07, 6.45) is 0. The van der Waals surface area contributed by atoms with Gasteiger partial charge in [0.2, 0.25) is 0 Å². The number of carbonyl (C=O) groups is 2. The van der Waals surface area contributed by atoms with Crippen molar-refractivity contribution in [2.75, 3.05) is 0 Å². The van der Waals surface area contributed by atoms with E-state index >= 15 is 0 Å². The minimum atomic E-state index is -1.19. The van der Waals surface area contributed by atoms with Gasteiger partial charge >= 0.3 is 0 Å². The summed E-state index contributed by atoms with van der Waals surface area (Å²) in [6, 6.07) is 17.4. The molecule has 7 heteroatoms. The van der Waals surface area contributed by atoms with E-state index in [1.807, 2.05) is 50.2 Å². The van der Waals surface area contributed by atoms with Crippen LogP contribution in [0.2, 0.25) is 0 Å². The first-order valence-corrected chi connectivity index (χ1v) is 8.52. The van der Waals surface area contributed by atoms with Gasteiger partial charge in [0.05, 0.1) is 23.0 Å². The number of hydrogen-bond donors (Lipinski definition) is 0. The number of carbonyl (C=O) groups excluding carboxylic acids is 2. The molecular formula is C22H16GaN2O4-2. The minimum Gasteiger partial charge on any atom is -0.545 e. The normalized spacial score (nSPS) is 10.0. The van der Waals surface area contributed by atoms with E-state index in [1.165, 1.54) is 12.1 Å². The molecule has 4 rings (SSSR count). The molecule has 0 saturated carbocycles. The molecule has 2 aromatic heterocycles. The van der Waals surface area contributed by atoms with Crippen molar-refractivity contribution in [1.29, 1.82) is 0 Å². The van der Waals surface area contributed by atoms with Crippen LogP contribution >= 0.6 is 0 Å². The van der Waals surface area contributed by atoms with Crippen molar-refractivity contribution in [1.82, 2.24) is 9.97 Å². The second-order valence-electron chi connectivity index (χ2n) is 6.23. The molecular weight excluding hydrogens is 426 g/mol. The molecule has 0 saturated heterocycles. The number of carboxylic acids is 2. The van der Waals surface area contributed by atoms with E-state index in [4.69, 9.17) is 0 Å². The molecule has 3 radical (unpaired) electrons. The van der Waals surface area contributed by atoms with Gasteiger partial charge in [-0.3, -0.25) is 9.97 Å². The summed E-state index contributed by atoms with van der Waals surface area (Å²) in [7, 11) is 0. The fraction of sp³-hybridized carbons (Fsp3) is 0.0909. The molecule has 0 aliphatic heterocycles. The molecule has 0 aliphatic rings. The number of para-hydroxylation sites is 2. The van der Waals surface area contributed by atoms with Crippen LogP contribution in [0.25, 0.3) is 21.8 Å². The Morgan fingerprint density at radius 3 is 1.38 bits per heavy atom. The van der Waals surface area contributed by atoms with E-state index in [2.05, 4.69) is 9.97 Å². The summed E-state index contributed by atoms with van der Waals surface area (Å²) in [4.78, 5) is 29.9. The van der Waals surface area contributed by atoms with Gasteiger partial charge in [-0.1, -0.05) is 48.5 Å². The van der Waals surface area contributed by atoms with Crippen LogP contribution in [-0.2, 0) is 0 Å². The van der Waals surface area contributed by atoms with Crippen molar-refractivity contribution in [3.8, 4) is 0 Å². The van der Waals surface area contributed by atoms with E-state index in [-0.39, 0.29) is 30.9 Å². The van der Waals surface area contributed by atoms with Crippen LogP contribution < -0.4 is 10.2 Å². The number of pyridine rings is 2. The predicted octanol–water partition coefficient (Wildman–Crippen LogP) is 1.43. The Morgan fingerprint density at radius 2 is 1.03 bits per heavy atom. The summed E-state index contributed by atoms with van der Waals surface area (Å²) in [5, 5.41) is 23.2. The Kier molecular flexibility index (Phi) is 7.14. The number of carboxylic acid groups (broad SMARTS) is 2. The van der Waals surface area contributed by atoms with Gasteiger partial charge in [0.1, 0.15) is 0 Å². The third-order valence-electron chi connectivity index (χ3n) is 4.16. The Hall–Kier alpha value is -3.16. The van der Waals surface area contributed by atoms with Gasteiger partial charge in [0.25, 0.3) is 0 Å². The molecule has 0 aliphatic carbocycles. The van der Waals surface area contributed by atoms with E-state index in [1.54, 1.807) is 12.1 Å². The van der Waals surface area contributed by atoms with Crippen LogP contribution in [0.1, 0.15) is 32.1 Å². The van der Waals surface area contributed by atoms with E-state index < -0.39 is 11.9 Å². The van der Waals surface area contributed by atoms with Crippen molar-refractivity contribution in [2.24, 2.45) is 0 Å². The van der Waals surface area contributed by atoms with Crippen molar-refractivity contribution < 1.29 is 19.8 Å². The Labute approximate surface area is 180 Å². The number of aromatic carboxylic acids is 2. The fourth-order valence-electron chi connectivity index (χ4n) is 2.82. The summed E-state index contributed by atoms with van der Waals surface area (Å²) >= 11 is 0. The van der Waals surface area contributed by atoms with Crippen LogP contribution in [-0.4, -0.2) is 41.7 Å². The molecule has 2 aromatic carbocycles. The Morgan fingerprint density at radius 1 is 0.655 bits per heavy atom. The Balaban J connectivity index is 0.000000200. The first kappa shape index (κ1) is 22.1. The van der Waals surface area contributed by atoms with E-state index in [0.29, 0.717) is 11.0 Å². The van der Waals surface area contributed by atoms with Crippen LogP contribution in [0.4, 0.5) is 0 Å². The minimum absolute atomic E-state index is 0. The molecule has 143 valence electrons. The number of fused-ring (bicyclic) bond motifs is 2. The molecule has 4 aromatic rings. The summed E-state index contributed by atoms with van der Waals surface area (Å²) in [5.74, 6) is -2.37. The molecule has 0 bridgehead atoms. The first-order chi connectivity index (χ1) is 13.4. The van der Waals surface area contributed by atoms with Gasteiger partial charge in [-0.05, 0) is 26.0 Å². The molecule has 29 heavy (non-hydrogen) atoms. The second kappa shape index (κ2) is 9.36. The van der Waals surface area contributed by atoms with Crippen LogP contribution in [0, 0.1) is 13.8 Å². The van der Waals surface area contributed by atoms with Gasteiger partial charge in [-0.2, -0.15) is 0 Å². The summed E-state index contributed by atoms with van der Waals surface area (Å²) in [6.45, 7) is 3.65. The quantitative estimate of drug-likeness (QED) is 0.435. The maximum Gasteiger partial charge on any atom is 0.0795 e. The van der Waals surface area contributed by atoms with Crippen molar-refractivity contribution in [3.05, 3.63) is 83.2 Å². The maximum atomic E-state index is 10.8. The third kappa shape index (κ3) is 5.01. The maximum absolute atomic E-state index is 10.8. The predicted molar refractivity (Wildman–Crippen MR) is 107 cm³/mol. The Bertz CT molecular complexity index is 1110. The van der Waals surface area contributed by atoms with Crippen LogP contribution in [0.3, 0.4) is 0 Å². The molecule has 0 unspecified atom stereocenters. The number of benzene rings is 2. The smallest absolute Gasteiger partial charge is 0.0795 e. The SMILES string of the molecule is Cc1ccc2cccc(C(=O)[O-])c2n1.Cc1ccc2cccc(C(=O)[O-])c2n1.[Ga]. The molecule has 2 heterocycles. The average Bonchev–Trinajstić information content (AvgIpc) is 2.67. The number of aryl methyl sites for hydroxylation is 2. The van der Waals surface area contributed by atoms with Crippen molar-refractivity contribution in [2.45, 2.75) is 13.8 Å². The third-order valence-corrected chi connectivity index (χ3v) is 4.16. The van der Waals surface area contributed by atoms with Gasteiger partial charge in [-0.25, -0.2) is 0 Å². The van der Waals surface area contributed by atoms with Gasteiger partial charge in [-0.15, -0.1) is 0 Å². The average molecular weight is 442 g/mol. The van der Waals surface area contributed by atoms with E-state index in [0.717, 1.165) is 22.2 Å². The van der Waals surface area contributed by atoms with Gasteiger partial charge < -0.3 is 19.8 Å². The molecule has 6 nitrogen and oxygen atoms in total. The number of rotatable bonds is 2. The zero-order valence-electron chi connectivity index (χ0n) is 15.9. The number of hydrogen-bond acceptors (Lipinski definition) is 6. The largest absolute Gasteiger partial charge is 0.545 e. The molecule has 0 spiro atoms. The second-order valence-corrected chi connectivity index (χ2v) is 6.23. The zero-order chi connectivity index (χ0) is 20.3. The van der Waals surface area contributed by atoms with Gasteiger partial charge in [0, 0.05) is 53.1 Å². The van der Waals surface area contributed by atoms with Crippen LogP contribution in [0.15, 0.2) is 60.7 Å². The fourth-order valence-corrected chi connectivity index (χ4v) is 2.82. The number of aromatic nitrogens is 2. The zero-order valence-corrected chi connectivity index (χ0v) is 18.3. The van der Waals surface area contributed by atoms with Crippen LogP contribution in [0.5, 0.6) is 0 Å². The molecule has 0 atom stereocenters. The molecule has 0 amide bonds. The van der Waals surface area contributed by atoms with E-state index in [9.17, 15) is 19.8 Å². The summed E-state index contributed by atoms with van der Waals surface area (Å²) in [5.41, 5.74) is 2.87. The van der Waals surface area contributed by atoms with Crippen molar-refractivity contribution in [3.63, 3.8) is 0 Å². The van der Waals surface area contributed by atoms with Gasteiger partial charge in [0.15, 0.2) is 0 Å². The van der Waals surface area contributed by atoms with Crippen molar-refractivity contribution >= 4 is 53.5 Å². The first-order valence-electron chi connectivity index (χ1n) is 8.52. The molecule has 0 fully saturated rings. The monoisotopic (exact) mass is 441 g/mol. The number of nitrogens with zero attached hydrogens (tertiary/aromatic N) is 2. The topological polar surface area (TPSA) is 106 Å².